The summed E-state index contributed by atoms with van der Waals surface area (Å²) in [5.74, 6) is 0. The zero-order chi connectivity index (χ0) is 14.7. The highest BCUT2D eigenvalue weighted by Gasteiger charge is 2.28. The van der Waals surface area contributed by atoms with Gasteiger partial charge in [-0.25, -0.2) is 0 Å². The van der Waals surface area contributed by atoms with Gasteiger partial charge in [0.25, 0.3) is 0 Å². The molecule has 0 bridgehead atoms. The average Bonchev–Trinajstić information content (AvgIpc) is 3.06. The van der Waals surface area contributed by atoms with E-state index < -0.39 is 0 Å². The van der Waals surface area contributed by atoms with Crippen molar-refractivity contribution < 1.29 is 0 Å². The molecule has 1 atom stereocenters. The number of rotatable bonds is 5. The van der Waals surface area contributed by atoms with Crippen molar-refractivity contribution in [2.45, 2.75) is 44.7 Å². The fourth-order valence-corrected chi connectivity index (χ4v) is 3.82. The van der Waals surface area contributed by atoms with Crippen molar-refractivity contribution in [2.75, 3.05) is 13.1 Å². The smallest absolute Gasteiger partial charge is 0.0494 e. The molecule has 3 nitrogen and oxygen atoms in total. The summed E-state index contributed by atoms with van der Waals surface area (Å²) in [4.78, 5) is 7.04. The van der Waals surface area contributed by atoms with Gasteiger partial charge in [-0.15, -0.1) is 0 Å². The van der Waals surface area contributed by atoms with E-state index >= 15 is 0 Å². The molecule has 1 heterocycles. The molecule has 0 aliphatic heterocycles. The van der Waals surface area contributed by atoms with Crippen LogP contribution in [0, 0.1) is 0 Å². The van der Waals surface area contributed by atoms with Gasteiger partial charge in [0.05, 0.1) is 0 Å². The zero-order valence-corrected chi connectivity index (χ0v) is 12.8. The quantitative estimate of drug-likeness (QED) is 0.913. The number of nitrogens with zero attached hydrogens (tertiary/aromatic N) is 2. The summed E-state index contributed by atoms with van der Waals surface area (Å²) in [7, 11) is 0. The molecule has 2 aromatic rings. The molecule has 21 heavy (non-hydrogen) atoms. The van der Waals surface area contributed by atoms with Gasteiger partial charge < -0.3 is 5.73 Å². The summed E-state index contributed by atoms with van der Waals surface area (Å²) in [5.41, 5.74) is 7.45. The maximum absolute atomic E-state index is 6.17. The first-order valence-electron chi connectivity index (χ1n) is 8.13. The number of likely N-dealkylation sites (N-methyl/N-ethyl adjacent to an activating group) is 1. The molecule has 0 amide bonds. The third kappa shape index (κ3) is 2.81. The molecule has 1 aromatic heterocycles. The van der Waals surface area contributed by atoms with Gasteiger partial charge >= 0.3 is 0 Å². The Hall–Kier alpha value is -1.45. The second-order valence-corrected chi connectivity index (χ2v) is 5.97. The second kappa shape index (κ2) is 6.54. The maximum atomic E-state index is 6.17. The summed E-state index contributed by atoms with van der Waals surface area (Å²) in [6.07, 6.45) is 9.28. The van der Waals surface area contributed by atoms with Crippen LogP contribution in [-0.2, 0) is 0 Å². The highest BCUT2D eigenvalue weighted by atomic mass is 15.2. The molecular formula is C18H25N3. The Labute approximate surface area is 127 Å². The number of hydrogen-bond acceptors (Lipinski definition) is 3. The minimum absolute atomic E-state index is 0.275. The van der Waals surface area contributed by atoms with Gasteiger partial charge in [0.15, 0.2) is 0 Å². The monoisotopic (exact) mass is 283 g/mol. The van der Waals surface area contributed by atoms with Crippen molar-refractivity contribution in [1.29, 1.82) is 0 Å². The van der Waals surface area contributed by atoms with Crippen molar-refractivity contribution in [2.24, 2.45) is 5.73 Å². The summed E-state index contributed by atoms with van der Waals surface area (Å²) in [6.45, 7) is 3.95. The molecule has 1 aliphatic rings. The Morgan fingerprint density at radius 2 is 2.00 bits per heavy atom. The van der Waals surface area contributed by atoms with E-state index in [0.717, 1.165) is 6.54 Å². The van der Waals surface area contributed by atoms with E-state index in [-0.39, 0.29) is 6.04 Å². The van der Waals surface area contributed by atoms with Crippen LogP contribution in [0.4, 0.5) is 0 Å². The van der Waals surface area contributed by atoms with Gasteiger partial charge in [-0.1, -0.05) is 44.0 Å². The number of aromatic nitrogens is 1. The standard InChI is InChI=1S/C18H25N3/c1-2-21(15-8-4-5-9-15)18(11-19)17-13-20-12-14-7-3-6-10-16(14)17/h3,6-7,10,12-13,15,18H,2,4-5,8-9,11,19H2,1H3. The van der Waals surface area contributed by atoms with Crippen molar-refractivity contribution >= 4 is 10.8 Å². The molecule has 0 radical (unpaired) electrons. The summed E-state index contributed by atoms with van der Waals surface area (Å²) in [5, 5.41) is 2.50. The van der Waals surface area contributed by atoms with E-state index in [1.807, 2.05) is 12.4 Å². The van der Waals surface area contributed by atoms with Crippen molar-refractivity contribution in [3.63, 3.8) is 0 Å². The first-order chi connectivity index (χ1) is 10.3. The van der Waals surface area contributed by atoms with E-state index in [4.69, 9.17) is 5.73 Å². The van der Waals surface area contributed by atoms with E-state index in [2.05, 4.69) is 41.1 Å². The van der Waals surface area contributed by atoms with Gasteiger partial charge in [-0.2, -0.15) is 0 Å². The van der Waals surface area contributed by atoms with Crippen LogP contribution in [0.5, 0.6) is 0 Å². The van der Waals surface area contributed by atoms with Crippen molar-refractivity contribution in [3.8, 4) is 0 Å². The molecule has 3 heteroatoms. The molecule has 0 spiro atoms. The summed E-state index contributed by atoms with van der Waals surface area (Å²) in [6, 6.07) is 9.45. The SMILES string of the molecule is CCN(C1CCCC1)C(CN)c1cncc2ccccc12. The Bertz CT molecular complexity index is 585. The van der Waals surface area contributed by atoms with Crippen molar-refractivity contribution in [3.05, 3.63) is 42.2 Å². The predicted molar refractivity (Wildman–Crippen MR) is 88.2 cm³/mol. The molecule has 1 aliphatic carbocycles. The lowest BCUT2D eigenvalue weighted by Crippen LogP contribution is -2.40. The highest BCUT2D eigenvalue weighted by Crippen LogP contribution is 2.33. The summed E-state index contributed by atoms with van der Waals surface area (Å²) < 4.78 is 0. The lowest BCUT2D eigenvalue weighted by atomic mass is 9.98. The normalized spacial score (nSPS) is 17.7. The molecule has 1 aromatic carbocycles. The number of pyridine rings is 1. The Balaban J connectivity index is 2.00. The average molecular weight is 283 g/mol. The van der Waals surface area contributed by atoms with E-state index in [9.17, 15) is 0 Å². The summed E-state index contributed by atoms with van der Waals surface area (Å²) >= 11 is 0. The molecule has 112 valence electrons. The lowest BCUT2D eigenvalue weighted by Gasteiger charge is -2.35. The zero-order valence-electron chi connectivity index (χ0n) is 12.8. The molecule has 0 saturated heterocycles. The fraction of sp³-hybridized carbons (Fsp3) is 0.500. The van der Waals surface area contributed by atoms with Gasteiger partial charge in [0, 0.05) is 36.4 Å². The van der Waals surface area contributed by atoms with Crippen LogP contribution in [0.1, 0.15) is 44.2 Å². The van der Waals surface area contributed by atoms with Gasteiger partial charge in [0.1, 0.15) is 0 Å². The van der Waals surface area contributed by atoms with E-state index in [0.29, 0.717) is 12.6 Å². The molecule has 1 fully saturated rings. The minimum atomic E-state index is 0.275. The van der Waals surface area contributed by atoms with Crippen LogP contribution < -0.4 is 5.73 Å². The number of benzene rings is 1. The van der Waals surface area contributed by atoms with Gasteiger partial charge in [0.2, 0.25) is 0 Å². The molecule has 1 unspecified atom stereocenters. The van der Waals surface area contributed by atoms with Gasteiger partial charge in [-0.05, 0) is 30.3 Å². The first kappa shape index (κ1) is 14.5. The Kier molecular flexibility index (Phi) is 4.51. The van der Waals surface area contributed by atoms with Crippen LogP contribution in [0.2, 0.25) is 0 Å². The largest absolute Gasteiger partial charge is 0.329 e. The van der Waals surface area contributed by atoms with Crippen LogP contribution in [0.15, 0.2) is 36.7 Å². The van der Waals surface area contributed by atoms with E-state index in [1.165, 1.54) is 42.0 Å². The molecular weight excluding hydrogens is 258 g/mol. The molecule has 3 rings (SSSR count). The van der Waals surface area contributed by atoms with E-state index in [1.54, 1.807) is 0 Å². The fourth-order valence-electron chi connectivity index (χ4n) is 3.82. The molecule has 1 saturated carbocycles. The third-order valence-corrected chi connectivity index (χ3v) is 4.84. The number of nitrogens with two attached hydrogens (primary N) is 1. The highest BCUT2D eigenvalue weighted by molar-refractivity contribution is 5.85. The topological polar surface area (TPSA) is 42.1 Å². The van der Waals surface area contributed by atoms with Crippen LogP contribution >= 0.6 is 0 Å². The minimum Gasteiger partial charge on any atom is -0.329 e. The maximum Gasteiger partial charge on any atom is 0.0494 e. The van der Waals surface area contributed by atoms with Gasteiger partial charge in [-0.3, -0.25) is 9.88 Å². The number of fused-ring (bicyclic) bond motifs is 1. The second-order valence-electron chi connectivity index (χ2n) is 5.97. The molecule has 2 N–H and O–H groups in total. The first-order valence-corrected chi connectivity index (χ1v) is 8.13. The Morgan fingerprint density at radius 1 is 1.24 bits per heavy atom. The van der Waals surface area contributed by atoms with Crippen molar-refractivity contribution in [1.82, 2.24) is 9.88 Å². The van der Waals surface area contributed by atoms with Crippen LogP contribution in [0.3, 0.4) is 0 Å². The Morgan fingerprint density at radius 3 is 2.71 bits per heavy atom. The van der Waals surface area contributed by atoms with Crippen LogP contribution in [0.25, 0.3) is 10.8 Å². The third-order valence-electron chi connectivity index (χ3n) is 4.84. The van der Waals surface area contributed by atoms with Crippen LogP contribution in [-0.4, -0.2) is 29.0 Å². The predicted octanol–water partition coefficient (Wildman–Crippen LogP) is 3.50. The lowest BCUT2D eigenvalue weighted by molar-refractivity contribution is 0.148. The number of hydrogen-bond donors (Lipinski definition) is 1.